The highest BCUT2D eigenvalue weighted by Crippen LogP contribution is 2.16. The van der Waals surface area contributed by atoms with Gasteiger partial charge >= 0.3 is 0 Å². The Morgan fingerprint density at radius 2 is 2.09 bits per heavy atom. The van der Waals surface area contributed by atoms with Gasteiger partial charge in [-0.05, 0) is 11.6 Å². The zero-order valence-electron chi connectivity index (χ0n) is 5.55. The summed E-state index contributed by atoms with van der Waals surface area (Å²) in [5.41, 5.74) is 6.17. The molecule has 2 N–H and O–H groups in total. The molecule has 0 saturated carbocycles. The molecule has 0 saturated heterocycles. The number of nitrogens with two attached hydrogens (primary N) is 1. The summed E-state index contributed by atoms with van der Waals surface area (Å²) < 4.78 is 0. The van der Waals surface area contributed by atoms with Crippen molar-refractivity contribution in [2.24, 2.45) is 5.73 Å². The first-order chi connectivity index (χ1) is 4.74. The maximum atomic E-state index is 5.70. The minimum absolute atomic E-state index is 0. The van der Waals surface area contributed by atoms with Gasteiger partial charge < -0.3 is 5.73 Å². The Labute approximate surface area is 81.1 Å². The van der Waals surface area contributed by atoms with Crippen molar-refractivity contribution in [3.8, 4) is 0 Å². The predicted octanol–water partition coefficient (Wildman–Crippen LogP) is 2.27. The third-order valence-electron chi connectivity index (χ3n) is 1.12. The standard InChI is InChI=1S/C6H6Cl2N2.ClH/c7-5-3-10-6(8)1-4(5)2-9;/h1,3H,2,9H2;1H. The van der Waals surface area contributed by atoms with E-state index in [-0.39, 0.29) is 12.4 Å². The predicted molar refractivity (Wildman–Crippen MR) is 49.4 cm³/mol. The quantitative estimate of drug-likeness (QED) is 0.727. The van der Waals surface area contributed by atoms with Crippen LogP contribution in [0.4, 0.5) is 0 Å². The molecule has 0 aliphatic carbocycles. The number of pyridine rings is 1. The lowest BCUT2D eigenvalue weighted by Gasteiger charge is -1.98. The van der Waals surface area contributed by atoms with E-state index >= 15 is 0 Å². The fourth-order valence-electron chi connectivity index (χ4n) is 0.608. The minimum atomic E-state index is 0. The van der Waals surface area contributed by atoms with Crippen LogP contribution in [0.2, 0.25) is 10.2 Å². The van der Waals surface area contributed by atoms with Crippen molar-refractivity contribution in [1.29, 1.82) is 0 Å². The number of hydrogen-bond acceptors (Lipinski definition) is 2. The molecule has 62 valence electrons. The van der Waals surface area contributed by atoms with Crippen LogP contribution in [0.3, 0.4) is 0 Å². The van der Waals surface area contributed by atoms with Crippen LogP contribution in [0.25, 0.3) is 0 Å². The van der Waals surface area contributed by atoms with Crippen LogP contribution in [-0.4, -0.2) is 4.98 Å². The summed E-state index contributed by atoms with van der Waals surface area (Å²) in [7, 11) is 0. The summed E-state index contributed by atoms with van der Waals surface area (Å²) in [6.45, 7) is 0.390. The fourth-order valence-corrected chi connectivity index (χ4v) is 0.969. The Kier molecular flexibility index (Phi) is 4.77. The first-order valence-corrected chi connectivity index (χ1v) is 3.49. The van der Waals surface area contributed by atoms with Crippen molar-refractivity contribution in [1.82, 2.24) is 4.98 Å². The zero-order chi connectivity index (χ0) is 7.56. The van der Waals surface area contributed by atoms with Gasteiger partial charge in [-0.15, -0.1) is 12.4 Å². The monoisotopic (exact) mass is 212 g/mol. The molecule has 0 spiro atoms. The molecular weight excluding hydrogens is 206 g/mol. The molecular formula is C6H7Cl3N2. The van der Waals surface area contributed by atoms with Crippen LogP contribution in [0, 0.1) is 0 Å². The maximum absolute atomic E-state index is 5.70. The van der Waals surface area contributed by atoms with Gasteiger partial charge in [-0.3, -0.25) is 0 Å². The zero-order valence-corrected chi connectivity index (χ0v) is 7.88. The topological polar surface area (TPSA) is 38.9 Å². The summed E-state index contributed by atoms with van der Waals surface area (Å²) in [4.78, 5) is 3.77. The molecule has 0 fully saturated rings. The van der Waals surface area contributed by atoms with Crippen LogP contribution in [-0.2, 0) is 6.54 Å². The lowest BCUT2D eigenvalue weighted by Crippen LogP contribution is -1.97. The van der Waals surface area contributed by atoms with Gasteiger partial charge in [-0.25, -0.2) is 4.98 Å². The van der Waals surface area contributed by atoms with Crippen molar-refractivity contribution in [2.75, 3.05) is 0 Å². The molecule has 0 aromatic carbocycles. The van der Waals surface area contributed by atoms with Gasteiger partial charge in [0.25, 0.3) is 0 Å². The molecule has 0 aliphatic heterocycles. The van der Waals surface area contributed by atoms with Gasteiger partial charge in [0.05, 0.1) is 5.02 Å². The molecule has 2 nitrogen and oxygen atoms in total. The molecule has 1 aromatic rings. The minimum Gasteiger partial charge on any atom is -0.326 e. The summed E-state index contributed by atoms with van der Waals surface area (Å²) in [6, 6.07) is 1.66. The van der Waals surface area contributed by atoms with Crippen molar-refractivity contribution in [3.05, 3.63) is 28.0 Å². The van der Waals surface area contributed by atoms with Crippen LogP contribution in [0.1, 0.15) is 5.56 Å². The first kappa shape index (κ1) is 11.0. The SMILES string of the molecule is Cl.NCc1cc(Cl)ncc1Cl. The van der Waals surface area contributed by atoms with E-state index in [0.717, 1.165) is 5.56 Å². The second kappa shape index (κ2) is 4.78. The van der Waals surface area contributed by atoms with Crippen LogP contribution < -0.4 is 5.73 Å². The van der Waals surface area contributed by atoms with Gasteiger partial charge in [-0.2, -0.15) is 0 Å². The number of rotatable bonds is 1. The summed E-state index contributed by atoms with van der Waals surface area (Å²) in [5.74, 6) is 0. The average Bonchev–Trinajstić information content (AvgIpc) is 1.94. The molecule has 1 aromatic heterocycles. The summed E-state index contributed by atoms with van der Waals surface area (Å²) in [5, 5.41) is 0.983. The van der Waals surface area contributed by atoms with Crippen molar-refractivity contribution < 1.29 is 0 Å². The molecule has 11 heavy (non-hydrogen) atoms. The van der Waals surface area contributed by atoms with E-state index in [1.165, 1.54) is 6.20 Å². The Balaban J connectivity index is 0.000001000. The van der Waals surface area contributed by atoms with E-state index in [2.05, 4.69) is 4.98 Å². The second-order valence-corrected chi connectivity index (χ2v) is 2.60. The number of halogens is 3. The third kappa shape index (κ3) is 2.83. The molecule has 0 aliphatic rings. The van der Waals surface area contributed by atoms with Crippen molar-refractivity contribution >= 4 is 35.6 Å². The van der Waals surface area contributed by atoms with Crippen molar-refractivity contribution in [3.63, 3.8) is 0 Å². The van der Waals surface area contributed by atoms with E-state index in [9.17, 15) is 0 Å². The number of nitrogens with zero attached hydrogens (tertiary/aromatic N) is 1. The molecule has 0 radical (unpaired) electrons. The largest absolute Gasteiger partial charge is 0.326 e. The van der Waals surface area contributed by atoms with Crippen LogP contribution >= 0.6 is 35.6 Å². The average molecular weight is 213 g/mol. The Bertz CT molecular complexity index is 239. The van der Waals surface area contributed by atoms with Gasteiger partial charge in [0.1, 0.15) is 5.15 Å². The maximum Gasteiger partial charge on any atom is 0.129 e. The van der Waals surface area contributed by atoms with Crippen LogP contribution in [0.15, 0.2) is 12.3 Å². The smallest absolute Gasteiger partial charge is 0.129 e. The molecule has 0 amide bonds. The van der Waals surface area contributed by atoms with E-state index in [0.29, 0.717) is 16.7 Å². The van der Waals surface area contributed by atoms with Gasteiger partial charge in [0.15, 0.2) is 0 Å². The van der Waals surface area contributed by atoms with E-state index in [1.807, 2.05) is 0 Å². The van der Waals surface area contributed by atoms with E-state index in [1.54, 1.807) is 6.07 Å². The lowest BCUT2D eigenvalue weighted by atomic mass is 10.3. The van der Waals surface area contributed by atoms with Crippen molar-refractivity contribution in [2.45, 2.75) is 6.54 Å². The van der Waals surface area contributed by atoms with Gasteiger partial charge in [0, 0.05) is 12.7 Å². The summed E-state index contributed by atoms with van der Waals surface area (Å²) >= 11 is 11.3. The normalized spacial score (nSPS) is 9.00. The van der Waals surface area contributed by atoms with Crippen LogP contribution in [0.5, 0.6) is 0 Å². The number of aromatic nitrogens is 1. The molecule has 0 unspecified atom stereocenters. The van der Waals surface area contributed by atoms with Gasteiger partial charge in [0.2, 0.25) is 0 Å². The molecule has 1 heterocycles. The van der Waals surface area contributed by atoms with E-state index in [4.69, 9.17) is 28.9 Å². The van der Waals surface area contributed by atoms with E-state index < -0.39 is 0 Å². The highest BCUT2D eigenvalue weighted by atomic mass is 35.5. The summed E-state index contributed by atoms with van der Waals surface area (Å²) in [6.07, 6.45) is 1.49. The molecule has 5 heteroatoms. The highest BCUT2D eigenvalue weighted by molar-refractivity contribution is 6.32. The van der Waals surface area contributed by atoms with Gasteiger partial charge in [-0.1, -0.05) is 23.2 Å². The fraction of sp³-hybridized carbons (Fsp3) is 0.167. The third-order valence-corrected chi connectivity index (χ3v) is 1.67. The first-order valence-electron chi connectivity index (χ1n) is 2.74. The Morgan fingerprint density at radius 1 is 1.45 bits per heavy atom. The number of hydrogen-bond donors (Lipinski definition) is 1. The second-order valence-electron chi connectivity index (χ2n) is 1.80. The molecule has 0 atom stereocenters. The highest BCUT2D eigenvalue weighted by Gasteiger charge is 1.98. The Hall–Kier alpha value is -0.0200. The molecule has 1 rings (SSSR count). The molecule has 0 bridgehead atoms. The lowest BCUT2D eigenvalue weighted by molar-refractivity contribution is 1.06. The Morgan fingerprint density at radius 3 is 2.55 bits per heavy atom.